The molecule has 6 aromatic rings. The van der Waals surface area contributed by atoms with Gasteiger partial charge in [-0.2, -0.15) is 0 Å². The fourth-order valence-electron chi connectivity index (χ4n) is 5.88. The maximum Gasteiger partial charge on any atom is 0.0491 e. The molecule has 0 unspecified atom stereocenters. The molecule has 0 atom stereocenters. The molecule has 4 aromatic carbocycles. The van der Waals surface area contributed by atoms with Crippen LogP contribution in [-0.4, -0.2) is 9.13 Å². The van der Waals surface area contributed by atoms with Crippen molar-refractivity contribution in [2.75, 3.05) is 0 Å². The van der Waals surface area contributed by atoms with E-state index in [1.165, 1.54) is 73.2 Å². The summed E-state index contributed by atoms with van der Waals surface area (Å²) in [6.07, 6.45) is 10.0. The van der Waals surface area contributed by atoms with E-state index < -0.39 is 0 Å². The van der Waals surface area contributed by atoms with Crippen molar-refractivity contribution in [1.82, 2.24) is 9.13 Å². The monoisotopic (exact) mass is 779 g/mol. The normalized spacial score (nSPS) is 9.42. The predicted molar refractivity (Wildman–Crippen MR) is 271 cm³/mol. The summed E-state index contributed by atoms with van der Waals surface area (Å²) in [4.78, 5) is 0. The molecular weight excluding hydrogens is 689 g/mol. The van der Waals surface area contributed by atoms with E-state index in [-0.39, 0.29) is 22.3 Å². The van der Waals surface area contributed by atoms with E-state index in [2.05, 4.69) is 194 Å². The Balaban J connectivity index is -0.000000420. The van der Waals surface area contributed by atoms with Gasteiger partial charge in [0.15, 0.2) is 0 Å². The first-order valence-electron chi connectivity index (χ1n) is 20.9. The van der Waals surface area contributed by atoms with Gasteiger partial charge in [-0.1, -0.05) is 199 Å². The predicted octanol–water partition coefficient (Wildman–Crippen LogP) is 19.3. The summed E-state index contributed by atoms with van der Waals surface area (Å²) in [5.74, 6) is 0.713. The minimum absolute atomic E-state index is 0. The van der Waals surface area contributed by atoms with Gasteiger partial charge in [-0.25, -0.2) is 0 Å². The number of allylic oxidation sites excluding steroid dienone is 6. The van der Waals surface area contributed by atoms with Crippen LogP contribution in [0, 0.1) is 5.92 Å². The van der Waals surface area contributed by atoms with Gasteiger partial charge in [0.2, 0.25) is 0 Å². The molecular formula is C55H90N2. The standard InChI is InChI=1S/C27H22N2.C7H14.2C6H12.3C2H6.3CH4/c1-5-14-24-20(10-1)21-11-2-6-15-25(21)28(24)18-9-19-29-26-16-7-3-12-22(26)23-13-4-8-17-27(23)29;1-6(2)5-7(3)4;1-5(2)6(3)4;1-3-5-6-4-2;3*1-2;;;/h1-8,10-17H,9,18-19H2;5-6H,1-4H3;1-4H3;5-6H,3-4H2,1-2H3;3*1-2H3;3*1H4/b;;;6-5-;;;;;;. The number of benzene rings is 4. The second kappa shape index (κ2) is 34.9. The highest BCUT2D eigenvalue weighted by molar-refractivity contribution is 6.08. The quantitative estimate of drug-likeness (QED) is 0.143. The van der Waals surface area contributed by atoms with E-state index in [9.17, 15) is 0 Å². The molecule has 320 valence electrons. The Bertz CT molecular complexity index is 1710. The molecule has 0 saturated heterocycles. The first kappa shape index (κ1) is 59.4. The largest absolute Gasteiger partial charge is 0.340 e. The molecule has 0 aliphatic carbocycles. The summed E-state index contributed by atoms with van der Waals surface area (Å²) in [6.45, 7) is 35.4. The van der Waals surface area contributed by atoms with Crippen LogP contribution in [0.15, 0.2) is 132 Å². The molecule has 0 fully saturated rings. The van der Waals surface area contributed by atoms with Crippen LogP contribution < -0.4 is 0 Å². The van der Waals surface area contributed by atoms with E-state index >= 15 is 0 Å². The number of aromatic nitrogens is 2. The molecule has 0 amide bonds. The molecule has 6 rings (SSSR count). The SMILES string of the molecule is C.C.C.CC.CC.CC.CC(C)=C(C)C.CC(C)=CC(C)C.CC/C=C\CC.c1ccc2c(c1)c1ccccc1n2CCCn1c2ccccc2c2ccccc21. The highest BCUT2D eigenvalue weighted by Crippen LogP contribution is 2.31. The number of aryl methyl sites for hydroxylation is 2. The molecule has 0 bridgehead atoms. The third kappa shape index (κ3) is 19.6. The van der Waals surface area contributed by atoms with Crippen molar-refractivity contribution >= 4 is 43.6 Å². The Morgan fingerprint density at radius 3 is 0.877 bits per heavy atom. The number of nitrogens with zero attached hydrogens (tertiary/aromatic N) is 2. The van der Waals surface area contributed by atoms with Crippen molar-refractivity contribution < 1.29 is 0 Å². The average Bonchev–Trinajstić information content (AvgIpc) is 3.69. The van der Waals surface area contributed by atoms with Crippen LogP contribution in [0.25, 0.3) is 43.6 Å². The summed E-state index contributed by atoms with van der Waals surface area (Å²) in [7, 11) is 0. The van der Waals surface area contributed by atoms with Gasteiger partial charge in [-0.15, -0.1) is 0 Å². The second-order valence-corrected chi connectivity index (χ2v) is 13.5. The maximum atomic E-state index is 2.48. The van der Waals surface area contributed by atoms with Crippen molar-refractivity contribution in [3.05, 3.63) is 132 Å². The number of para-hydroxylation sites is 4. The maximum absolute atomic E-state index is 2.48. The average molecular weight is 779 g/mol. The Morgan fingerprint density at radius 2 is 0.702 bits per heavy atom. The first-order valence-corrected chi connectivity index (χ1v) is 20.9. The van der Waals surface area contributed by atoms with E-state index in [1.54, 1.807) is 0 Å². The molecule has 0 N–H and O–H groups in total. The van der Waals surface area contributed by atoms with Crippen LogP contribution in [0.5, 0.6) is 0 Å². The Hall–Kier alpha value is -4.30. The molecule has 0 aliphatic heterocycles. The third-order valence-electron chi connectivity index (χ3n) is 8.43. The van der Waals surface area contributed by atoms with Crippen LogP contribution >= 0.6 is 0 Å². The number of hydrogen-bond acceptors (Lipinski definition) is 0. The van der Waals surface area contributed by atoms with Crippen LogP contribution in [0.2, 0.25) is 0 Å². The number of hydrogen-bond donors (Lipinski definition) is 0. The molecule has 2 aromatic heterocycles. The summed E-state index contributed by atoms with van der Waals surface area (Å²) in [5, 5.41) is 5.39. The molecule has 2 heterocycles. The van der Waals surface area contributed by atoms with E-state index in [1.807, 2.05) is 41.5 Å². The van der Waals surface area contributed by atoms with Crippen LogP contribution in [0.3, 0.4) is 0 Å². The van der Waals surface area contributed by atoms with E-state index in [0.717, 1.165) is 19.5 Å². The zero-order valence-electron chi connectivity index (χ0n) is 37.5. The molecule has 57 heavy (non-hydrogen) atoms. The lowest BCUT2D eigenvalue weighted by Gasteiger charge is -2.10. The van der Waals surface area contributed by atoms with Crippen molar-refractivity contribution in [3.63, 3.8) is 0 Å². The summed E-state index contributed by atoms with van der Waals surface area (Å²) in [6, 6.07) is 35.1. The molecule has 2 nitrogen and oxygen atoms in total. The third-order valence-corrected chi connectivity index (χ3v) is 8.43. The molecule has 2 heteroatoms. The minimum atomic E-state index is 0. The van der Waals surface area contributed by atoms with Crippen molar-refractivity contribution in [2.24, 2.45) is 5.92 Å². The fraction of sp³-hybridized carbons (Fsp3) is 0.455. The van der Waals surface area contributed by atoms with Crippen LogP contribution in [0.1, 0.15) is 152 Å². The minimum Gasteiger partial charge on any atom is -0.340 e. The topological polar surface area (TPSA) is 9.86 Å². The van der Waals surface area contributed by atoms with Crippen molar-refractivity contribution in [1.29, 1.82) is 0 Å². The van der Waals surface area contributed by atoms with Crippen molar-refractivity contribution in [3.8, 4) is 0 Å². The van der Waals surface area contributed by atoms with Gasteiger partial charge in [0.05, 0.1) is 0 Å². The van der Waals surface area contributed by atoms with Gasteiger partial charge in [-0.05, 0) is 91.0 Å². The Kier molecular flexibility index (Phi) is 36.4. The highest BCUT2D eigenvalue weighted by atomic mass is 15.0. The van der Waals surface area contributed by atoms with Gasteiger partial charge in [0.1, 0.15) is 0 Å². The Morgan fingerprint density at radius 1 is 0.456 bits per heavy atom. The van der Waals surface area contributed by atoms with Crippen LogP contribution in [-0.2, 0) is 13.1 Å². The van der Waals surface area contributed by atoms with Gasteiger partial charge in [0.25, 0.3) is 0 Å². The zero-order chi connectivity index (χ0) is 41.1. The fourth-order valence-corrected chi connectivity index (χ4v) is 5.88. The lowest BCUT2D eigenvalue weighted by Crippen LogP contribution is -2.04. The lowest BCUT2D eigenvalue weighted by atomic mass is 10.1. The molecule has 0 aliphatic rings. The lowest BCUT2D eigenvalue weighted by molar-refractivity contribution is 0.603. The summed E-state index contributed by atoms with van der Waals surface area (Å²) < 4.78 is 4.97. The number of rotatable bonds is 7. The first-order chi connectivity index (χ1) is 26.1. The zero-order valence-corrected chi connectivity index (χ0v) is 37.5. The highest BCUT2D eigenvalue weighted by Gasteiger charge is 2.12. The Labute approximate surface area is 354 Å². The van der Waals surface area contributed by atoms with E-state index in [0.29, 0.717) is 5.92 Å². The second-order valence-electron chi connectivity index (χ2n) is 13.5. The van der Waals surface area contributed by atoms with Crippen molar-refractivity contribution in [2.45, 2.75) is 165 Å². The smallest absolute Gasteiger partial charge is 0.0491 e. The molecule has 0 saturated carbocycles. The number of fused-ring (bicyclic) bond motifs is 6. The summed E-state index contributed by atoms with van der Waals surface area (Å²) >= 11 is 0. The van der Waals surface area contributed by atoms with Gasteiger partial charge < -0.3 is 9.13 Å². The van der Waals surface area contributed by atoms with Crippen LogP contribution in [0.4, 0.5) is 0 Å². The molecule has 0 radical (unpaired) electrons. The molecule has 0 spiro atoms. The van der Waals surface area contributed by atoms with Gasteiger partial charge in [-0.3, -0.25) is 0 Å². The van der Waals surface area contributed by atoms with E-state index in [4.69, 9.17) is 0 Å². The summed E-state index contributed by atoms with van der Waals surface area (Å²) in [5.41, 5.74) is 9.58. The van der Waals surface area contributed by atoms with Gasteiger partial charge in [0, 0.05) is 56.7 Å². The van der Waals surface area contributed by atoms with Gasteiger partial charge >= 0.3 is 0 Å².